The Hall–Kier alpha value is -1.54. The molecule has 3 rings (SSSR count). The number of hydrogen-bond acceptors (Lipinski definition) is 4. The van der Waals surface area contributed by atoms with Crippen LogP contribution in [0, 0.1) is 11.7 Å². The molecule has 0 saturated carbocycles. The van der Waals surface area contributed by atoms with Crippen molar-refractivity contribution in [3.8, 4) is 0 Å². The van der Waals surface area contributed by atoms with Gasteiger partial charge < -0.3 is 20.7 Å². The zero-order valence-electron chi connectivity index (χ0n) is 11.2. The molecule has 1 atom stereocenters. The molecule has 1 fully saturated rings. The van der Waals surface area contributed by atoms with Crippen LogP contribution in [-0.2, 0) is 0 Å². The quantitative estimate of drug-likeness (QED) is 0.620. The smallest absolute Gasteiger partial charge is 0.407 e. The maximum Gasteiger partial charge on any atom is 0.407 e. The van der Waals surface area contributed by atoms with Gasteiger partial charge in [0.2, 0.25) is 0 Å². The minimum atomic E-state index is -0.877. The molecule has 2 heterocycles. The molecular formula is C13H16BrFN4O2. The molecule has 21 heavy (non-hydrogen) atoms. The van der Waals surface area contributed by atoms with Gasteiger partial charge in [0.25, 0.3) is 0 Å². The Morgan fingerprint density at radius 2 is 2.10 bits per heavy atom. The van der Waals surface area contributed by atoms with E-state index < -0.39 is 6.09 Å². The van der Waals surface area contributed by atoms with Gasteiger partial charge in [-0.2, -0.15) is 0 Å². The number of rotatable bonds is 1. The van der Waals surface area contributed by atoms with Gasteiger partial charge in [0, 0.05) is 17.6 Å². The second-order valence-electron chi connectivity index (χ2n) is 5.31. The fourth-order valence-electron chi connectivity index (χ4n) is 2.83. The summed E-state index contributed by atoms with van der Waals surface area (Å²) >= 11 is 3.26. The average Bonchev–Trinajstić information content (AvgIpc) is 2.47. The van der Waals surface area contributed by atoms with Crippen LogP contribution in [0.1, 0.15) is 12.8 Å². The number of anilines is 2. The minimum absolute atomic E-state index is 0.121. The molecule has 8 heteroatoms. The Balaban J connectivity index is 1.68. The molecule has 4 N–H and O–H groups in total. The van der Waals surface area contributed by atoms with Crippen LogP contribution in [-0.4, -0.2) is 35.4 Å². The molecule has 114 valence electrons. The summed E-state index contributed by atoms with van der Waals surface area (Å²) in [6, 6.07) is 3.21. The number of nitrogens with one attached hydrogen (secondary N) is 3. The van der Waals surface area contributed by atoms with E-state index in [9.17, 15) is 9.18 Å². The molecule has 1 aromatic carbocycles. The first kappa shape index (κ1) is 14.4. The number of halogens is 2. The summed E-state index contributed by atoms with van der Waals surface area (Å²) in [6.07, 6.45) is 0.486. The van der Waals surface area contributed by atoms with Crippen LogP contribution < -0.4 is 16.2 Å². The van der Waals surface area contributed by atoms with Crippen LogP contribution in [0.4, 0.5) is 20.6 Å². The number of likely N-dealkylation sites (tertiary alicyclic amines) is 1. The van der Waals surface area contributed by atoms with E-state index in [1.54, 1.807) is 6.07 Å². The predicted octanol–water partition coefficient (Wildman–Crippen LogP) is 2.65. The first-order valence-corrected chi connectivity index (χ1v) is 7.59. The van der Waals surface area contributed by atoms with Crippen molar-refractivity contribution in [1.82, 2.24) is 10.3 Å². The van der Waals surface area contributed by atoms with E-state index in [0.29, 0.717) is 28.9 Å². The lowest BCUT2D eigenvalue weighted by atomic mass is 9.93. The number of fused-ring (bicyclic) bond motifs is 1. The number of hydrogen-bond donors (Lipinski definition) is 4. The van der Waals surface area contributed by atoms with E-state index in [1.807, 2.05) is 0 Å². The number of nitrogens with zero attached hydrogens (tertiary/aromatic N) is 1. The van der Waals surface area contributed by atoms with E-state index in [-0.39, 0.29) is 17.9 Å². The molecule has 1 unspecified atom stereocenters. The zero-order chi connectivity index (χ0) is 15.0. The maximum atomic E-state index is 14.0. The standard InChI is InChI=1S/C13H16BrFN4O2/c14-8-5-9(15)11-10(6-8)17-18-12(16-11)7-1-3-19(4-2-7)13(20)21/h5-7,12,16-18H,1-4H2,(H,20,21). The van der Waals surface area contributed by atoms with Crippen LogP contribution in [0.25, 0.3) is 0 Å². The first-order chi connectivity index (χ1) is 10.0. The summed E-state index contributed by atoms with van der Waals surface area (Å²) in [7, 11) is 0. The van der Waals surface area contributed by atoms with Crippen LogP contribution in [0.2, 0.25) is 0 Å². The summed E-state index contributed by atoms with van der Waals surface area (Å²) in [5.74, 6) is -0.0781. The molecule has 6 nitrogen and oxygen atoms in total. The molecule has 0 aliphatic carbocycles. The number of hydrazine groups is 1. The second kappa shape index (κ2) is 5.69. The van der Waals surface area contributed by atoms with Gasteiger partial charge in [-0.3, -0.25) is 0 Å². The van der Waals surface area contributed by atoms with Gasteiger partial charge >= 0.3 is 6.09 Å². The van der Waals surface area contributed by atoms with Gasteiger partial charge in [0.1, 0.15) is 5.82 Å². The summed E-state index contributed by atoms with van der Waals surface area (Å²) in [5.41, 5.74) is 7.24. The van der Waals surface area contributed by atoms with E-state index in [4.69, 9.17) is 5.11 Å². The van der Waals surface area contributed by atoms with Gasteiger partial charge in [-0.1, -0.05) is 15.9 Å². The Bertz CT molecular complexity index is 563. The average molecular weight is 359 g/mol. The minimum Gasteiger partial charge on any atom is -0.465 e. The molecule has 2 aliphatic heterocycles. The highest BCUT2D eigenvalue weighted by Gasteiger charge is 2.31. The first-order valence-electron chi connectivity index (χ1n) is 6.79. The van der Waals surface area contributed by atoms with Crippen molar-refractivity contribution < 1.29 is 14.3 Å². The molecular weight excluding hydrogens is 343 g/mol. The lowest BCUT2D eigenvalue weighted by molar-refractivity contribution is 0.119. The van der Waals surface area contributed by atoms with Crippen molar-refractivity contribution in [2.45, 2.75) is 19.0 Å². The van der Waals surface area contributed by atoms with E-state index in [0.717, 1.165) is 12.8 Å². The highest BCUT2D eigenvalue weighted by Crippen LogP contribution is 2.33. The highest BCUT2D eigenvalue weighted by molar-refractivity contribution is 9.10. The van der Waals surface area contributed by atoms with E-state index >= 15 is 0 Å². The Morgan fingerprint density at radius 3 is 2.76 bits per heavy atom. The van der Waals surface area contributed by atoms with Crippen LogP contribution in [0.3, 0.4) is 0 Å². The van der Waals surface area contributed by atoms with Crippen molar-refractivity contribution in [3.63, 3.8) is 0 Å². The van der Waals surface area contributed by atoms with Crippen LogP contribution in [0.5, 0.6) is 0 Å². The number of amides is 1. The maximum absolute atomic E-state index is 14.0. The SMILES string of the molecule is O=C(O)N1CCC(C2NNc3cc(Br)cc(F)c3N2)CC1. The van der Waals surface area contributed by atoms with Crippen molar-refractivity contribution in [2.75, 3.05) is 23.8 Å². The van der Waals surface area contributed by atoms with Gasteiger partial charge in [-0.15, -0.1) is 0 Å². The Kier molecular flexibility index (Phi) is 3.90. The molecule has 0 bridgehead atoms. The van der Waals surface area contributed by atoms with Gasteiger partial charge in [-0.05, 0) is 30.9 Å². The Labute approximate surface area is 129 Å². The molecule has 0 radical (unpaired) electrons. The summed E-state index contributed by atoms with van der Waals surface area (Å²) in [6.45, 7) is 1.02. The zero-order valence-corrected chi connectivity index (χ0v) is 12.8. The molecule has 1 amide bonds. The van der Waals surface area contributed by atoms with Crippen molar-refractivity contribution >= 4 is 33.4 Å². The largest absolute Gasteiger partial charge is 0.465 e. The number of piperidine rings is 1. The topological polar surface area (TPSA) is 76.6 Å². The fraction of sp³-hybridized carbons (Fsp3) is 0.462. The molecule has 2 aliphatic rings. The highest BCUT2D eigenvalue weighted by atomic mass is 79.9. The molecule has 0 spiro atoms. The van der Waals surface area contributed by atoms with Crippen LogP contribution >= 0.6 is 15.9 Å². The number of benzene rings is 1. The fourth-order valence-corrected chi connectivity index (χ4v) is 3.26. The normalized spacial score (nSPS) is 22.2. The van der Waals surface area contributed by atoms with E-state index in [1.165, 1.54) is 11.0 Å². The third kappa shape index (κ3) is 2.91. The molecule has 1 aromatic rings. The van der Waals surface area contributed by atoms with E-state index in [2.05, 4.69) is 32.1 Å². The third-order valence-corrected chi connectivity index (χ3v) is 4.46. The lowest BCUT2D eigenvalue weighted by Crippen LogP contribution is -2.52. The third-order valence-electron chi connectivity index (χ3n) is 4.00. The van der Waals surface area contributed by atoms with Gasteiger partial charge in [0.05, 0.1) is 17.5 Å². The summed E-state index contributed by atoms with van der Waals surface area (Å²) < 4.78 is 14.7. The summed E-state index contributed by atoms with van der Waals surface area (Å²) in [5, 5.41) is 12.1. The monoisotopic (exact) mass is 358 g/mol. The molecule has 0 aromatic heterocycles. The molecule has 1 saturated heterocycles. The lowest BCUT2D eigenvalue weighted by Gasteiger charge is -2.38. The second-order valence-corrected chi connectivity index (χ2v) is 6.22. The van der Waals surface area contributed by atoms with Crippen molar-refractivity contribution in [3.05, 3.63) is 22.4 Å². The van der Waals surface area contributed by atoms with Crippen molar-refractivity contribution in [2.24, 2.45) is 5.92 Å². The predicted molar refractivity (Wildman–Crippen MR) is 80.6 cm³/mol. The van der Waals surface area contributed by atoms with Crippen molar-refractivity contribution in [1.29, 1.82) is 0 Å². The Morgan fingerprint density at radius 1 is 1.38 bits per heavy atom. The number of carboxylic acid groups (broad SMARTS) is 1. The summed E-state index contributed by atoms with van der Waals surface area (Å²) in [4.78, 5) is 12.3. The van der Waals surface area contributed by atoms with Crippen LogP contribution in [0.15, 0.2) is 16.6 Å². The van der Waals surface area contributed by atoms with Gasteiger partial charge in [-0.25, -0.2) is 14.6 Å². The number of carbonyl (C=O) groups is 1. The van der Waals surface area contributed by atoms with Gasteiger partial charge in [0.15, 0.2) is 0 Å².